The van der Waals surface area contributed by atoms with Crippen molar-refractivity contribution in [3.63, 3.8) is 0 Å². The van der Waals surface area contributed by atoms with Crippen molar-refractivity contribution in [2.24, 2.45) is 11.8 Å². The molecule has 3 N–H and O–H groups in total. The lowest BCUT2D eigenvalue weighted by Crippen LogP contribution is -2.33. The van der Waals surface area contributed by atoms with Gasteiger partial charge in [-0.3, -0.25) is 9.59 Å². The molecule has 38 heavy (non-hydrogen) atoms. The molecule has 2 aliphatic heterocycles. The summed E-state index contributed by atoms with van der Waals surface area (Å²) in [5.41, 5.74) is -2.46. The molecule has 0 unspecified atom stereocenters. The van der Waals surface area contributed by atoms with E-state index in [1.165, 1.54) is 42.5 Å². The van der Waals surface area contributed by atoms with Gasteiger partial charge in [0.05, 0.1) is 11.1 Å². The quantitative estimate of drug-likeness (QED) is 0.313. The van der Waals surface area contributed by atoms with Gasteiger partial charge < -0.3 is 24.8 Å². The molecule has 0 aromatic heterocycles. The van der Waals surface area contributed by atoms with Crippen molar-refractivity contribution in [2.75, 3.05) is 0 Å². The minimum absolute atomic E-state index is 0.0476. The third kappa shape index (κ3) is 3.38. The number of carboxylic acid groups (broad SMARTS) is 1. The van der Waals surface area contributed by atoms with Crippen molar-refractivity contribution in [1.82, 2.24) is 0 Å². The summed E-state index contributed by atoms with van der Waals surface area (Å²) in [5, 5.41) is 30.4. The van der Waals surface area contributed by atoms with Crippen LogP contribution < -0.4 is 4.74 Å². The SMILES string of the molecule is CC(C)C(=O)c1c(C(=O)O)cc2c(c1C(=O)C(C)C)C(=O)OC21c2ccc(O)cc2Oc2cc(O)ccc21. The summed E-state index contributed by atoms with van der Waals surface area (Å²) in [4.78, 5) is 53.1. The first-order valence-electron chi connectivity index (χ1n) is 12.0. The van der Waals surface area contributed by atoms with Crippen LogP contribution in [-0.4, -0.2) is 38.8 Å². The van der Waals surface area contributed by atoms with Gasteiger partial charge in [-0.2, -0.15) is 0 Å². The Morgan fingerprint density at radius 1 is 0.763 bits per heavy atom. The fraction of sp³-hybridized carbons (Fsp3) is 0.241. The predicted molar refractivity (Wildman–Crippen MR) is 133 cm³/mol. The summed E-state index contributed by atoms with van der Waals surface area (Å²) in [6.07, 6.45) is 0. The van der Waals surface area contributed by atoms with Crippen molar-refractivity contribution in [2.45, 2.75) is 33.3 Å². The number of phenols is 2. The number of ketones is 2. The maximum atomic E-state index is 13.7. The lowest BCUT2D eigenvalue weighted by Gasteiger charge is -2.36. The molecule has 0 amide bonds. The first-order chi connectivity index (χ1) is 17.9. The average Bonchev–Trinajstić information content (AvgIpc) is 3.13. The molecule has 3 aromatic rings. The Kier molecular flexibility index (Phi) is 5.56. The zero-order valence-corrected chi connectivity index (χ0v) is 21.0. The summed E-state index contributed by atoms with van der Waals surface area (Å²) in [6.45, 7) is 6.34. The Labute approximate surface area is 217 Å². The van der Waals surface area contributed by atoms with Crippen LogP contribution in [-0.2, 0) is 10.3 Å². The first kappa shape index (κ1) is 25.0. The molecule has 0 atom stereocenters. The molecular formula is C29H24O9. The molecule has 0 fully saturated rings. The van der Waals surface area contributed by atoms with Gasteiger partial charge in [0.2, 0.25) is 0 Å². The summed E-state index contributed by atoms with van der Waals surface area (Å²) in [6, 6.07) is 9.45. The van der Waals surface area contributed by atoms with Crippen molar-refractivity contribution in [3.05, 3.63) is 81.4 Å². The molecule has 3 aromatic carbocycles. The van der Waals surface area contributed by atoms with Crippen LogP contribution in [0.4, 0.5) is 0 Å². The summed E-state index contributed by atoms with van der Waals surface area (Å²) >= 11 is 0. The fourth-order valence-corrected chi connectivity index (χ4v) is 5.10. The number of rotatable bonds is 5. The van der Waals surface area contributed by atoms with E-state index in [0.29, 0.717) is 0 Å². The van der Waals surface area contributed by atoms with Crippen molar-refractivity contribution >= 4 is 23.5 Å². The van der Waals surface area contributed by atoms with E-state index in [4.69, 9.17) is 9.47 Å². The predicted octanol–water partition coefficient (Wildman–Crippen LogP) is 5.04. The second-order valence-corrected chi connectivity index (χ2v) is 9.97. The van der Waals surface area contributed by atoms with Gasteiger partial charge >= 0.3 is 11.9 Å². The van der Waals surface area contributed by atoms with Gasteiger partial charge in [-0.1, -0.05) is 27.7 Å². The van der Waals surface area contributed by atoms with E-state index >= 15 is 0 Å². The number of phenolic OH excluding ortho intramolecular Hbond substituents is 2. The van der Waals surface area contributed by atoms with Crippen LogP contribution in [0.3, 0.4) is 0 Å². The number of carboxylic acids is 1. The number of ether oxygens (including phenoxy) is 2. The van der Waals surface area contributed by atoms with Gasteiger partial charge in [0.25, 0.3) is 0 Å². The standard InChI is InChI=1S/C29H24O9/c1-12(2)25(32)22-16(27(34)35)11-19-23(24(22)26(33)13(3)4)28(36)38-29(19)17-7-5-14(30)9-20(17)37-21-10-15(31)6-8-18(21)29/h5-13,30-31H,1-4H3,(H,34,35). The molecule has 9 heteroatoms. The number of fused-ring (bicyclic) bond motifs is 6. The van der Waals surface area contributed by atoms with Crippen LogP contribution in [0.5, 0.6) is 23.0 Å². The van der Waals surface area contributed by atoms with Crippen LogP contribution in [0, 0.1) is 11.8 Å². The zero-order valence-electron chi connectivity index (χ0n) is 21.0. The number of benzene rings is 3. The summed E-state index contributed by atoms with van der Waals surface area (Å²) < 4.78 is 12.0. The molecule has 0 saturated carbocycles. The van der Waals surface area contributed by atoms with Crippen molar-refractivity contribution < 1.29 is 44.0 Å². The highest BCUT2D eigenvalue weighted by atomic mass is 16.6. The van der Waals surface area contributed by atoms with Crippen LogP contribution in [0.1, 0.15) is 85.8 Å². The lowest BCUT2D eigenvalue weighted by molar-refractivity contribution is 0.0223. The van der Waals surface area contributed by atoms with Gasteiger partial charge in [-0.15, -0.1) is 0 Å². The highest BCUT2D eigenvalue weighted by Crippen LogP contribution is 2.58. The van der Waals surface area contributed by atoms with Crippen molar-refractivity contribution in [3.8, 4) is 23.0 Å². The number of hydrogen-bond acceptors (Lipinski definition) is 8. The van der Waals surface area contributed by atoms with Crippen LogP contribution in [0.2, 0.25) is 0 Å². The molecule has 9 nitrogen and oxygen atoms in total. The zero-order chi connectivity index (χ0) is 27.7. The third-order valence-corrected chi connectivity index (χ3v) is 6.84. The monoisotopic (exact) mass is 516 g/mol. The summed E-state index contributed by atoms with van der Waals surface area (Å²) in [7, 11) is 0. The van der Waals surface area contributed by atoms with E-state index in [-0.39, 0.29) is 56.4 Å². The fourth-order valence-electron chi connectivity index (χ4n) is 5.10. The molecule has 0 aliphatic carbocycles. The van der Waals surface area contributed by atoms with Crippen LogP contribution in [0.15, 0.2) is 42.5 Å². The number of aromatic hydroxyl groups is 2. The van der Waals surface area contributed by atoms with Crippen molar-refractivity contribution in [1.29, 1.82) is 0 Å². The minimum atomic E-state index is -1.79. The first-order valence-corrected chi connectivity index (χ1v) is 12.0. The van der Waals surface area contributed by atoms with E-state index in [2.05, 4.69) is 0 Å². The molecule has 0 radical (unpaired) electrons. The number of carbonyl (C=O) groups excluding carboxylic acids is 3. The van der Waals surface area contributed by atoms with Crippen LogP contribution >= 0.6 is 0 Å². The number of hydrogen-bond donors (Lipinski definition) is 3. The third-order valence-electron chi connectivity index (χ3n) is 6.84. The maximum absolute atomic E-state index is 13.7. The van der Waals surface area contributed by atoms with E-state index in [9.17, 15) is 34.5 Å². The molecule has 1 spiro atoms. The maximum Gasteiger partial charge on any atom is 0.340 e. The van der Waals surface area contributed by atoms with E-state index in [1.54, 1.807) is 27.7 Å². The Morgan fingerprint density at radius 3 is 1.74 bits per heavy atom. The Morgan fingerprint density at radius 2 is 1.26 bits per heavy atom. The van der Waals surface area contributed by atoms with Gasteiger partial charge in [-0.05, 0) is 30.3 Å². The second-order valence-electron chi connectivity index (χ2n) is 9.97. The highest BCUT2D eigenvalue weighted by Gasteiger charge is 2.56. The van der Waals surface area contributed by atoms with Gasteiger partial charge in [0.1, 0.15) is 23.0 Å². The van der Waals surface area contributed by atoms with Crippen LogP contribution in [0.25, 0.3) is 0 Å². The Bertz CT molecular complexity index is 1530. The Hall–Kier alpha value is -4.66. The number of esters is 1. The molecule has 0 saturated heterocycles. The van der Waals surface area contributed by atoms with E-state index < -0.39 is 46.5 Å². The lowest BCUT2D eigenvalue weighted by atomic mass is 9.74. The molecule has 194 valence electrons. The number of Topliss-reactive ketones (excluding diaryl/α,β-unsaturated/α-hetero) is 2. The van der Waals surface area contributed by atoms with Gasteiger partial charge in [-0.25, -0.2) is 9.59 Å². The second kappa shape index (κ2) is 8.44. The smallest absolute Gasteiger partial charge is 0.340 e. The highest BCUT2D eigenvalue weighted by molar-refractivity contribution is 6.20. The molecule has 2 aliphatic rings. The molecule has 2 heterocycles. The topological polar surface area (TPSA) is 147 Å². The van der Waals surface area contributed by atoms with Gasteiger partial charge in [0, 0.05) is 51.8 Å². The Balaban J connectivity index is 1.99. The number of carbonyl (C=O) groups is 4. The normalized spacial score (nSPS) is 14.5. The number of aromatic carboxylic acids is 1. The molecular weight excluding hydrogens is 492 g/mol. The molecule has 0 bridgehead atoms. The minimum Gasteiger partial charge on any atom is -0.508 e. The van der Waals surface area contributed by atoms with E-state index in [0.717, 1.165) is 0 Å². The van der Waals surface area contributed by atoms with Gasteiger partial charge in [0.15, 0.2) is 17.2 Å². The molecule has 5 rings (SSSR count). The largest absolute Gasteiger partial charge is 0.508 e. The summed E-state index contributed by atoms with van der Waals surface area (Å²) in [5.74, 6) is -4.97. The average molecular weight is 517 g/mol. The van der Waals surface area contributed by atoms with E-state index in [1.807, 2.05) is 0 Å².